The summed E-state index contributed by atoms with van der Waals surface area (Å²) in [6.45, 7) is 3.90. The van der Waals surface area contributed by atoms with Crippen LogP contribution in [0.4, 0.5) is 13.2 Å². The molecule has 8 nitrogen and oxygen atoms in total. The minimum absolute atomic E-state index is 0.000713. The van der Waals surface area contributed by atoms with E-state index in [2.05, 4.69) is 10.6 Å². The van der Waals surface area contributed by atoms with Crippen LogP contribution in [-0.2, 0) is 22.6 Å². The number of aliphatic hydroxyl groups is 1. The number of piperazine rings is 1. The van der Waals surface area contributed by atoms with Crippen LogP contribution in [0, 0.1) is 17.5 Å². The van der Waals surface area contributed by atoms with Crippen LogP contribution in [0.15, 0.2) is 66.2 Å². The minimum Gasteiger partial charge on any atom is -0.488 e. The lowest BCUT2D eigenvalue weighted by molar-refractivity contribution is -0.136. The van der Waals surface area contributed by atoms with Gasteiger partial charge in [-0.15, -0.1) is 0 Å². The standard InChI is InChI=1S/C37H40ClF3N4O4/c1-2-44(19-24-7-3-4-8-28(24)38)37(48)33-27(16-25-20-45(21-32(33)43-25)36(47)31-17-26(46)18-42-31)23-11-9-22(10-12-23)6-5-15-49-35-30(40)14-13-29(39)34(35)41/h3-4,7-14,25-26,31-32,42-43,46H,2,5-6,15-21H2,1H3/t25-,26+,31?,32+/m0/s1. The monoisotopic (exact) mass is 696 g/mol. The second-order valence-electron chi connectivity index (χ2n) is 12.8. The van der Waals surface area contributed by atoms with Crippen LogP contribution in [0.25, 0.3) is 5.57 Å². The lowest BCUT2D eigenvalue weighted by atomic mass is 9.82. The summed E-state index contributed by atoms with van der Waals surface area (Å²) in [7, 11) is 0. The van der Waals surface area contributed by atoms with Crippen LogP contribution in [0.1, 0.15) is 42.9 Å². The highest BCUT2D eigenvalue weighted by molar-refractivity contribution is 6.31. The molecule has 3 N–H and O–H groups in total. The minimum atomic E-state index is -1.34. The maximum Gasteiger partial charge on any atom is 0.252 e. The topological polar surface area (TPSA) is 94.1 Å². The van der Waals surface area contributed by atoms with Crippen molar-refractivity contribution in [3.8, 4) is 5.75 Å². The number of carbonyl (C=O) groups excluding carboxylic acids is 2. The van der Waals surface area contributed by atoms with Gasteiger partial charge in [-0.1, -0.05) is 54.1 Å². The van der Waals surface area contributed by atoms with Gasteiger partial charge in [-0.25, -0.2) is 8.78 Å². The van der Waals surface area contributed by atoms with E-state index in [1.807, 2.05) is 54.3 Å². The maximum absolute atomic E-state index is 14.5. The van der Waals surface area contributed by atoms with E-state index in [0.717, 1.165) is 34.4 Å². The fraction of sp³-hybridized carbons (Fsp3) is 0.405. The number of carbonyl (C=O) groups is 2. The number of nitrogens with zero attached hydrogens (tertiary/aromatic N) is 2. The number of likely N-dealkylation sites (N-methyl/N-ethyl adjacent to an activating group) is 1. The third-order valence-electron chi connectivity index (χ3n) is 9.50. The van der Waals surface area contributed by atoms with E-state index in [-0.39, 0.29) is 24.5 Å². The van der Waals surface area contributed by atoms with Crippen LogP contribution in [0.2, 0.25) is 5.02 Å². The van der Waals surface area contributed by atoms with Crippen LogP contribution < -0.4 is 15.4 Å². The molecule has 2 fully saturated rings. The van der Waals surface area contributed by atoms with Crippen molar-refractivity contribution in [2.75, 3.05) is 32.8 Å². The van der Waals surface area contributed by atoms with Crippen molar-refractivity contribution >= 4 is 29.0 Å². The number of nitrogens with one attached hydrogen (secondary N) is 2. The molecule has 3 aromatic rings. The van der Waals surface area contributed by atoms with Crippen molar-refractivity contribution in [1.29, 1.82) is 0 Å². The van der Waals surface area contributed by atoms with E-state index in [9.17, 15) is 27.9 Å². The second kappa shape index (κ2) is 15.3. The van der Waals surface area contributed by atoms with Gasteiger partial charge in [-0.05, 0) is 73.1 Å². The first-order valence-corrected chi connectivity index (χ1v) is 17.1. The lowest BCUT2D eigenvalue weighted by Gasteiger charge is -2.45. The number of aliphatic hydroxyl groups excluding tert-OH is 1. The smallest absolute Gasteiger partial charge is 0.252 e. The molecule has 0 saturated carbocycles. The molecule has 1 unspecified atom stereocenters. The molecule has 4 atom stereocenters. The molecule has 3 aliphatic heterocycles. The van der Waals surface area contributed by atoms with Crippen LogP contribution in [-0.4, -0.2) is 83.7 Å². The number of ether oxygens (including phenoxy) is 1. The van der Waals surface area contributed by atoms with Gasteiger partial charge in [0.15, 0.2) is 17.4 Å². The first kappa shape index (κ1) is 34.9. The Morgan fingerprint density at radius 2 is 1.80 bits per heavy atom. The lowest BCUT2D eigenvalue weighted by Crippen LogP contribution is -2.63. The zero-order chi connectivity index (χ0) is 34.7. The fourth-order valence-corrected chi connectivity index (χ4v) is 7.16. The normalized spacial score (nSPS) is 22.0. The van der Waals surface area contributed by atoms with Crippen molar-refractivity contribution < 1.29 is 32.6 Å². The molecule has 2 saturated heterocycles. The number of hydrogen-bond acceptors (Lipinski definition) is 6. The predicted molar refractivity (Wildman–Crippen MR) is 180 cm³/mol. The second-order valence-corrected chi connectivity index (χ2v) is 13.2. The van der Waals surface area contributed by atoms with Gasteiger partial charge in [0.25, 0.3) is 5.91 Å². The zero-order valence-corrected chi connectivity index (χ0v) is 28.0. The third kappa shape index (κ3) is 7.80. The molecule has 0 aliphatic carbocycles. The third-order valence-corrected chi connectivity index (χ3v) is 9.87. The predicted octanol–water partition coefficient (Wildman–Crippen LogP) is 4.87. The van der Waals surface area contributed by atoms with Gasteiger partial charge in [-0.2, -0.15) is 4.39 Å². The number of rotatable bonds is 11. The van der Waals surface area contributed by atoms with Gasteiger partial charge >= 0.3 is 0 Å². The van der Waals surface area contributed by atoms with Crippen molar-refractivity contribution in [2.24, 2.45) is 0 Å². The quantitative estimate of drug-likeness (QED) is 0.196. The van der Waals surface area contributed by atoms with Gasteiger partial charge in [-0.3, -0.25) is 9.59 Å². The Labute approximate surface area is 288 Å². The molecule has 3 aromatic carbocycles. The van der Waals surface area contributed by atoms with E-state index in [4.69, 9.17) is 16.3 Å². The Morgan fingerprint density at radius 1 is 1.04 bits per heavy atom. The Kier molecular flexibility index (Phi) is 10.9. The molecule has 0 spiro atoms. The van der Waals surface area contributed by atoms with Gasteiger partial charge in [0.2, 0.25) is 11.7 Å². The van der Waals surface area contributed by atoms with Gasteiger partial charge < -0.3 is 30.3 Å². The number of aryl methyl sites for hydroxylation is 1. The molecule has 2 amide bonds. The van der Waals surface area contributed by atoms with Crippen molar-refractivity contribution in [2.45, 2.75) is 63.4 Å². The summed E-state index contributed by atoms with van der Waals surface area (Å²) in [5.74, 6) is -4.38. The molecule has 12 heteroatoms. The van der Waals surface area contributed by atoms with E-state index in [1.54, 1.807) is 11.0 Å². The number of amides is 2. The zero-order valence-electron chi connectivity index (χ0n) is 27.2. The van der Waals surface area contributed by atoms with Crippen molar-refractivity contribution in [1.82, 2.24) is 20.4 Å². The fourth-order valence-electron chi connectivity index (χ4n) is 6.97. The highest BCUT2D eigenvalue weighted by Crippen LogP contribution is 2.35. The van der Waals surface area contributed by atoms with Gasteiger partial charge in [0.1, 0.15) is 0 Å². The average Bonchev–Trinajstić information content (AvgIpc) is 3.54. The molecule has 2 bridgehead atoms. The molecule has 3 heterocycles. The summed E-state index contributed by atoms with van der Waals surface area (Å²) in [4.78, 5) is 31.5. The Bertz CT molecular complexity index is 1720. The number of halogens is 4. The largest absolute Gasteiger partial charge is 0.488 e. The van der Waals surface area contributed by atoms with E-state index in [1.165, 1.54) is 0 Å². The number of benzene rings is 3. The molecule has 6 rings (SSSR count). The summed E-state index contributed by atoms with van der Waals surface area (Å²) in [5.41, 5.74) is 4.24. The summed E-state index contributed by atoms with van der Waals surface area (Å²) in [6.07, 6.45) is 1.34. The summed E-state index contributed by atoms with van der Waals surface area (Å²) in [5, 5.41) is 17.3. The summed E-state index contributed by atoms with van der Waals surface area (Å²) < 4.78 is 46.6. The van der Waals surface area contributed by atoms with E-state index >= 15 is 0 Å². The average molecular weight is 697 g/mol. The Morgan fingerprint density at radius 3 is 2.51 bits per heavy atom. The van der Waals surface area contributed by atoms with Crippen molar-refractivity contribution in [3.05, 3.63) is 105 Å². The number of fused-ring (bicyclic) bond motifs is 2. The molecular weight excluding hydrogens is 657 g/mol. The van der Waals surface area contributed by atoms with E-state index in [0.29, 0.717) is 69.0 Å². The maximum atomic E-state index is 14.5. The van der Waals surface area contributed by atoms with Crippen LogP contribution in [0.3, 0.4) is 0 Å². The molecule has 260 valence electrons. The molecule has 49 heavy (non-hydrogen) atoms. The van der Waals surface area contributed by atoms with E-state index < -0.39 is 41.4 Å². The first-order valence-electron chi connectivity index (χ1n) is 16.7. The van der Waals surface area contributed by atoms with Crippen LogP contribution in [0.5, 0.6) is 5.75 Å². The molecule has 3 aliphatic rings. The highest BCUT2D eigenvalue weighted by atomic mass is 35.5. The number of hydrogen-bond donors (Lipinski definition) is 3. The molecule has 0 radical (unpaired) electrons. The van der Waals surface area contributed by atoms with Crippen LogP contribution >= 0.6 is 11.6 Å². The van der Waals surface area contributed by atoms with Crippen molar-refractivity contribution in [3.63, 3.8) is 0 Å². The summed E-state index contributed by atoms with van der Waals surface area (Å²) >= 11 is 6.48. The van der Waals surface area contributed by atoms with Gasteiger partial charge in [0, 0.05) is 49.4 Å². The summed E-state index contributed by atoms with van der Waals surface area (Å²) in [6, 6.07) is 15.9. The Balaban J connectivity index is 1.22. The Hall–Kier alpha value is -3.90. The van der Waals surface area contributed by atoms with Gasteiger partial charge in [0.05, 0.1) is 24.8 Å². The SMILES string of the molecule is CCN(Cc1ccccc1Cl)C(=O)C1=C(c2ccc(CCCOc3c(F)ccc(F)c3F)cc2)C[C@H]2CN(C(=O)C3C[C@@H](O)CN3)C[C@H]1N2. The highest BCUT2D eigenvalue weighted by Gasteiger charge is 2.42. The number of β-amino-alcohol motifs (C(OH)–C–C–N with tert-alkyl or cyclic N) is 1. The molecular formula is C37H40ClF3N4O4. The first-order chi connectivity index (χ1) is 23.6. The molecule has 0 aromatic heterocycles.